The minimum Gasteiger partial charge on any atom is -0.210 e. The number of rotatable bonds is 7. The van der Waals surface area contributed by atoms with Crippen LogP contribution in [0.1, 0.15) is 60.3 Å². The van der Waals surface area contributed by atoms with E-state index in [1.54, 1.807) is 0 Å². The SMILES string of the molecule is CCCCC(C(F)F)C(C)C1CC(C(C)C)C1C. The van der Waals surface area contributed by atoms with Gasteiger partial charge in [0.15, 0.2) is 0 Å². The lowest BCUT2D eigenvalue weighted by atomic mass is 9.56. The summed E-state index contributed by atoms with van der Waals surface area (Å²) < 4.78 is 26.4. The monoisotopic (exact) mass is 260 g/mol. The maximum atomic E-state index is 13.2. The molecule has 0 radical (unpaired) electrons. The number of unbranched alkanes of at least 4 members (excludes halogenated alkanes) is 1. The van der Waals surface area contributed by atoms with Gasteiger partial charge in [0.1, 0.15) is 0 Å². The highest BCUT2D eigenvalue weighted by Gasteiger charge is 2.45. The van der Waals surface area contributed by atoms with Crippen LogP contribution < -0.4 is 0 Å². The van der Waals surface area contributed by atoms with E-state index in [9.17, 15) is 8.78 Å². The zero-order valence-electron chi connectivity index (χ0n) is 12.6. The van der Waals surface area contributed by atoms with Gasteiger partial charge in [0, 0.05) is 5.92 Å². The summed E-state index contributed by atoms with van der Waals surface area (Å²) in [4.78, 5) is 0. The number of hydrogen-bond donors (Lipinski definition) is 0. The van der Waals surface area contributed by atoms with Crippen molar-refractivity contribution >= 4 is 0 Å². The number of hydrogen-bond acceptors (Lipinski definition) is 0. The van der Waals surface area contributed by atoms with Crippen LogP contribution in [0.25, 0.3) is 0 Å². The van der Waals surface area contributed by atoms with Gasteiger partial charge in [-0.15, -0.1) is 0 Å². The van der Waals surface area contributed by atoms with Crippen molar-refractivity contribution in [1.29, 1.82) is 0 Å². The van der Waals surface area contributed by atoms with E-state index in [-0.39, 0.29) is 11.8 Å². The Balaban J connectivity index is 2.54. The van der Waals surface area contributed by atoms with Crippen LogP contribution in [0.2, 0.25) is 0 Å². The zero-order valence-corrected chi connectivity index (χ0v) is 12.6. The molecule has 108 valence electrons. The van der Waals surface area contributed by atoms with Crippen molar-refractivity contribution in [3.8, 4) is 0 Å². The molecule has 0 aromatic carbocycles. The Morgan fingerprint density at radius 2 is 1.72 bits per heavy atom. The molecule has 2 heteroatoms. The molecule has 1 aliphatic carbocycles. The average molecular weight is 260 g/mol. The summed E-state index contributed by atoms with van der Waals surface area (Å²) in [7, 11) is 0. The number of alkyl halides is 2. The summed E-state index contributed by atoms with van der Waals surface area (Å²) in [5.74, 6) is 2.40. The predicted molar refractivity (Wildman–Crippen MR) is 73.8 cm³/mol. The van der Waals surface area contributed by atoms with E-state index in [1.807, 2.05) is 0 Å². The molecule has 1 aliphatic rings. The van der Waals surface area contributed by atoms with Gasteiger partial charge in [-0.05, 0) is 42.4 Å². The predicted octanol–water partition coefficient (Wildman–Crippen LogP) is 5.62. The van der Waals surface area contributed by atoms with Gasteiger partial charge in [-0.25, -0.2) is 8.78 Å². The van der Waals surface area contributed by atoms with Crippen molar-refractivity contribution in [2.75, 3.05) is 0 Å². The van der Waals surface area contributed by atoms with Crippen molar-refractivity contribution in [2.24, 2.45) is 35.5 Å². The van der Waals surface area contributed by atoms with Crippen LogP contribution in [0.3, 0.4) is 0 Å². The quantitative estimate of drug-likeness (QED) is 0.557. The van der Waals surface area contributed by atoms with Gasteiger partial charge in [-0.3, -0.25) is 0 Å². The average Bonchev–Trinajstić information content (AvgIpc) is 2.26. The molecule has 0 amide bonds. The Bertz CT molecular complexity index is 237. The first-order valence-electron chi connectivity index (χ1n) is 7.68. The lowest BCUT2D eigenvalue weighted by Gasteiger charge is -2.50. The molecule has 1 rings (SSSR count). The second-order valence-corrected chi connectivity index (χ2v) is 6.67. The first kappa shape index (κ1) is 15.9. The molecular weight excluding hydrogens is 230 g/mol. The highest BCUT2D eigenvalue weighted by Crippen LogP contribution is 2.50. The molecule has 0 spiro atoms. The Hall–Kier alpha value is -0.140. The van der Waals surface area contributed by atoms with Crippen LogP contribution >= 0.6 is 0 Å². The summed E-state index contributed by atoms with van der Waals surface area (Å²) in [6.07, 6.45) is 1.68. The van der Waals surface area contributed by atoms with E-state index in [0.29, 0.717) is 24.2 Å². The third-order valence-corrected chi connectivity index (χ3v) is 5.32. The van der Waals surface area contributed by atoms with E-state index in [0.717, 1.165) is 25.2 Å². The third-order valence-electron chi connectivity index (χ3n) is 5.32. The summed E-state index contributed by atoms with van der Waals surface area (Å²) in [6.45, 7) is 10.9. The van der Waals surface area contributed by atoms with E-state index < -0.39 is 6.43 Å². The second kappa shape index (κ2) is 6.86. The number of halogens is 2. The van der Waals surface area contributed by atoms with E-state index in [4.69, 9.17) is 0 Å². The Morgan fingerprint density at radius 3 is 2.11 bits per heavy atom. The molecule has 5 unspecified atom stereocenters. The minimum atomic E-state index is -2.14. The molecule has 0 aliphatic heterocycles. The summed E-state index contributed by atoms with van der Waals surface area (Å²) >= 11 is 0. The van der Waals surface area contributed by atoms with Crippen LogP contribution in [0.5, 0.6) is 0 Å². The van der Waals surface area contributed by atoms with Crippen molar-refractivity contribution in [3.05, 3.63) is 0 Å². The molecule has 1 fully saturated rings. The second-order valence-electron chi connectivity index (χ2n) is 6.67. The highest BCUT2D eigenvalue weighted by molar-refractivity contribution is 4.92. The van der Waals surface area contributed by atoms with Gasteiger partial charge in [0.25, 0.3) is 0 Å². The lowest BCUT2D eigenvalue weighted by molar-refractivity contribution is -0.0488. The van der Waals surface area contributed by atoms with Gasteiger partial charge < -0.3 is 0 Å². The smallest absolute Gasteiger partial charge is 0.210 e. The van der Waals surface area contributed by atoms with Crippen molar-refractivity contribution in [2.45, 2.75) is 66.7 Å². The van der Waals surface area contributed by atoms with Gasteiger partial charge in [0.05, 0.1) is 0 Å². The first-order valence-corrected chi connectivity index (χ1v) is 7.68. The molecule has 5 atom stereocenters. The molecule has 0 aromatic heterocycles. The molecule has 0 bridgehead atoms. The molecule has 18 heavy (non-hydrogen) atoms. The van der Waals surface area contributed by atoms with Crippen LogP contribution in [-0.4, -0.2) is 6.43 Å². The Kier molecular flexibility index (Phi) is 6.07. The largest absolute Gasteiger partial charge is 0.241 e. The van der Waals surface area contributed by atoms with Gasteiger partial charge in [-0.2, -0.15) is 0 Å². The molecule has 0 N–H and O–H groups in total. The maximum Gasteiger partial charge on any atom is 0.241 e. The van der Waals surface area contributed by atoms with Crippen LogP contribution in [0, 0.1) is 35.5 Å². The van der Waals surface area contributed by atoms with Gasteiger partial charge in [0.2, 0.25) is 6.43 Å². The normalized spacial score (nSPS) is 31.5. The fourth-order valence-corrected chi connectivity index (χ4v) is 3.81. The van der Waals surface area contributed by atoms with Gasteiger partial charge in [-0.1, -0.05) is 47.5 Å². The van der Waals surface area contributed by atoms with Crippen LogP contribution in [0.4, 0.5) is 8.78 Å². The fraction of sp³-hybridized carbons (Fsp3) is 1.00. The van der Waals surface area contributed by atoms with Crippen molar-refractivity contribution in [1.82, 2.24) is 0 Å². The van der Waals surface area contributed by atoms with Gasteiger partial charge >= 0.3 is 0 Å². The zero-order chi connectivity index (χ0) is 13.9. The molecule has 0 saturated heterocycles. The van der Waals surface area contributed by atoms with Crippen molar-refractivity contribution in [3.63, 3.8) is 0 Å². The Morgan fingerprint density at radius 1 is 1.11 bits per heavy atom. The minimum absolute atomic E-state index is 0.182. The molecule has 1 saturated carbocycles. The van der Waals surface area contributed by atoms with Crippen LogP contribution in [0.15, 0.2) is 0 Å². The van der Waals surface area contributed by atoms with E-state index in [1.165, 1.54) is 0 Å². The lowest BCUT2D eigenvalue weighted by Crippen LogP contribution is -2.44. The standard InChI is InChI=1S/C16H30F2/c1-6-7-8-13(16(17)18)11(4)15-9-14(10(2)3)12(15)5/h10-16H,6-9H2,1-5H3. The fourth-order valence-electron chi connectivity index (χ4n) is 3.81. The topological polar surface area (TPSA) is 0 Å². The van der Waals surface area contributed by atoms with Crippen LogP contribution in [-0.2, 0) is 0 Å². The first-order chi connectivity index (χ1) is 8.40. The molecule has 0 heterocycles. The molecule has 0 aromatic rings. The third kappa shape index (κ3) is 3.45. The Labute approximate surface area is 112 Å². The maximum absolute atomic E-state index is 13.2. The van der Waals surface area contributed by atoms with Crippen molar-refractivity contribution < 1.29 is 8.78 Å². The summed E-state index contributed by atoms with van der Waals surface area (Å²) in [6, 6.07) is 0. The summed E-state index contributed by atoms with van der Waals surface area (Å²) in [5.41, 5.74) is 0. The molecular formula is C16H30F2. The highest BCUT2D eigenvalue weighted by atomic mass is 19.3. The molecule has 0 nitrogen and oxygen atoms in total. The summed E-state index contributed by atoms with van der Waals surface area (Å²) in [5, 5.41) is 0. The van der Waals surface area contributed by atoms with E-state index >= 15 is 0 Å². The van der Waals surface area contributed by atoms with E-state index in [2.05, 4.69) is 34.6 Å².